The number of rotatable bonds is 2. The van der Waals surface area contributed by atoms with Crippen LogP contribution < -0.4 is 0 Å². The Bertz CT molecular complexity index is 433. The minimum Gasteiger partial charge on any atom is -0.508 e. The molecule has 0 spiro atoms. The average Bonchev–Trinajstić information content (AvgIpc) is 2.76. The van der Waals surface area contributed by atoms with Crippen LogP contribution in [0.1, 0.15) is 22.3 Å². The van der Waals surface area contributed by atoms with E-state index in [-0.39, 0.29) is 11.7 Å². The number of carbonyl (C=O) groups is 1. The Morgan fingerprint density at radius 3 is 2.94 bits per heavy atom. The van der Waals surface area contributed by atoms with Gasteiger partial charge in [0.05, 0.1) is 0 Å². The number of halogens is 1. The van der Waals surface area contributed by atoms with Crippen LogP contribution in [-0.4, -0.2) is 34.9 Å². The summed E-state index contributed by atoms with van der Waals surface area (Å²) in [5, 5.41) is 9.32. The second-order valence-corrected chi connectivity index (χ2v) is 4.87. The largest absolute Gasteiger partial charge is 0.508 e. The summed E-state index contributed by atoms with van der Waals surface area (Å²) >= 11 is 5.80. The Balaban J connectivity index is 2.15. The van der Waals surface area contributed by atoms with E-state index >= 15 is 0 Å². The van der Waals surface area contributed by atoms with Crippen molar-refractivity contribution in [3.8, 4) is 5.75 Å². The number of aryl methyl sites for hydroxylation is 1. The Morgan fingerprint density at radius 1 is 1.59 bits per heavy atom. The lowest BCUT2D eigenvalue weighted by Gasteiger charge is -2.17. The number of hydrogen-bond donors (Lipinski definition) is 1. The number of carbonyl (C=O) groups excluding carboxylic acids is 1. The fourth-order valence-corrected chi connectivity index (χ4v) is 2.45. The predicted octanol–water partition coefficient (Wildman–Crippen LogP) is 2.40. The van der Waals surface area contributed by atoms with Crippen molar-refractivity contribution in [1.29, 1.82) is 0 Å². The number of phenolic OH excluding ortho intramolecular Hbond substituents is 1. The third-order valence-corrected chi connectivity index (χ3v) is 3.67. The van der Waals surface area contributed by atoms with E-state index in [1.54, 1.807) is 18.2 Å². The molecular weight excluding hydrogens is 238 g/mol. The van der Waals surface area contributed by atoms with Crippen LogP contribution in [-0.2, 0) is 0 Å². The molecule has 1 atom stereocenters. The summed E-state index contributed by atoms with van der Waals surface area (Å²) in [5.74, 6) is 1.26. The molecule has 1 heterocycles. The van der Waals surface area contributed by atoms with Crippen molar-refractivity contribution in [3.05, 3.63) is 29.3 Å². The van der Waals surface area contributed by atoms with E-state index in [4.69, 9.17) is 11.6 Å². The number of alkyl halides is 1. The summed E-state index contributed by atoms with van der Waals surface area (Å²) in [6, 6.07) is 4.85. The highest BCUT2D eigenvalue weighted by Crippen LogP contribution is 2.22. The number of likely N-dealkylation sites (tertiary alicyclic amines) is 1. The van der Waals surface area contributed by atoms with Gasteiger partial charge < -0.3 is 10.0 Å². The van der Waals surface area contributed by atoms with Gasteiger partial charge in [0.1, 0.15) is 5.75 Å². The molecule has 0 aromatic heterocycles. The number of hydrogen-bond acceptors (Lipinski definition) is 2. The molecule has 17 heavy (non-hydrogen) atoms. The van der Waals surface area contributed by atoms with Gasteiger partial charge in [0.15, 0.2) is 0 Å². The van der Waals surface area contributed by atoms with Crippen molar-refractivity contribution in [2.45, 2.75) is 13.3 Å². The highest BCUT2D eigenvalue weighted by atomic mass is 35.5. The molecule has 1 fully saturated rings. The van der Waals surface area contributed by atoms with E-state index in [1.165, 1.54) is 0 Å². The molecule has 0 radical (unpaired) electrons. The molecule has 0 aliphatic carbocycles. The molecule has 1 amide bonds. The van der Waals surface area contributed by atoms with Crippen LogP contribution in [0, 0.1) is 12.8 Å². The third kappa shape index (κ3) is 2.55. The third-order valence-electron chi connectivity index (χ3n) is 3.23. The number of nitrogens with zero attached hydrogens (tertiary/aromatic N) is 1. The van der Waals surface area contributed by atoms with Crippen molar-refractivity contribution in [2.24, 2.45) is 5.92 Å². The molecule has 2 rings (SSSR count). The predicted molar refractivity (Wildman–Crippen MR) is 67.6 cm³/mol. The normalized spacial score (nSPS) is 19.6. The molecule has 1 aliphatic heterocycles. The zero-order chi connectivity index (χ0) is 12.4. The summed E-state index contributed by atoms with van der Waals surface area (Å²) in [4.78, 5) is 14.1. The number of phenols is 1. The van der Waals surface area contributed by atoms with E-state index < -0.39 is 0 Å². The average molecular weight is 254 g/mol. The van der Waals surface area contributed by atoms with Crippen LogP contribution in [0.15, 0.2) is 18.2 Å². The molecule has 1 aromatic carbocycles. The quantitative estimate of drug-likeness (QED) is 0.823. The van der Waals surface area contributed by atoms with E-state index in [0.29, 0.717) is 17.4 Å². The molecule has 1 N–H and O–H groups in total. The van der Waals surface area contributed by atoms with Gasteiger partial charge in [0, 0.05) is 24.5 Å². The van der Waals surface area contributed by atoms with Gasteiger partial charge in [-0.05, 0) is 43.0 Å². The Labute approximate surface area is 106 Å². The van der Waals surface area contributed by atoms with E-state index in [9.17, 15) is 9.90 Å². The van der Waals surface area contributed by atoms with Gasteiger partial charge >= 0.3 is 0 Å². The lowest BCUT2D eigenvalue weighted by molar-refractivity contribution is 0.0787. The van der Waals surface area contributed by atoms with Gasteiger partial charge in [0.25, 0.3) is 5.91 Å². The SMILES string of the molecule is Cc1cc(O)ccc1C(=O)N1CCC(CCl)C1. The molecule has 3 nitrogen and oxygen atoms in total. The van der Waals surface area contributed by atoms with Gasteiger partial charge in [-0.2, -0.15) is 0 Å². The molecule has 1 saturated heterocycles. The van der Waals surface area contributed by atoms with Crippen molar-refractivity contribution in [2.75, 3.05) is 19.0 Å². The summed E-state index contributed by atoms with van der Waals surface area (Å²) in [7, 11) is 0. The maximum Gasteiger partial charge on any atom is 0.254 e. The van der Waals surface area contributed by atoms with Crippen molar-refractivity contribution >= 4 is 17.5 Å². The van der Waals surface area contributed by atoms with E-state index in [1.807, 2.05) is 11.8 Å². The van der Waals surface area contributed by atoms with Crippen LogP contribution in [0.4, 0.5) is 0 Å². The van der Waals surface area contributed by atoms with Gasteiger partial charge in [0.2, 0.25) is 0 Å². The summed E-state index contributed by atoms with van der Waals surface area (Å²) in [6.45, 7) is 3.35. The highest BCUT2D eigenvalue weighted by molar-refractivity contribution is 6.18. The molecular formula is C13H16ClNO2. The van der Waals surface area contributed by atoms with Crippen molar-refractivity contribution in [3.63, 3.8) is 0 Å². The van der Waals surface area contributed by atoms with Crippen molar-refractivity contribution in [1.82, 2.24) is 4.90 Å². The second kappa shape index (κ2) is 4.96. The van der Waals surface area contributed by atoms with E-state index in [2.05, 4.69) is 0 Å². The van der Waals surface area contributed by atoms with Crippen LogP contribution in [0.3, 0.4) is 0 Å². The maximum absolute atomic E-state index is 12.2. The molecule has 0 saturated carbocycles. The van der Waals surface area contributed by atoms with Gasteiger partial charge in [-0.3, -0.25) is 4.79 Å². The first kappa shape index (κ1) is 12.2. The van der Waals surface area contributed by atoms with Gasteiger partial charge in [-0.15, -0.1) is 11.6 Å². The van der Waals surface area contributed by atoms with E-state index in [0.717, 1.165) is 25.1 Å². The monoisotopic (exact) mass is 253 g/mol. The first-order valence-electron chi connectivity index (χ1n) is 5.76. The minimum atomic E-state index is 0.0371. The van der Waals surface area contributed by atoms with Crippen LogP contribution in [0.5, 0.6) is 5.75 Å². The number of benzene rings is 1. The molecule has 1 aliphatic rings. The first-order valence-corrected chi connectivity index (χ1v) is 6.30. The van der Waals surface area contributed by atoms with Gasteiger partial charge in [-0.25, -0.2) is 0 Å². The second-order valence-electron chi connectivity index (χ2n) is 4.56. The zero-order valence-electron chi connectivity index (χ0n) is 9.82. The summed E-state index contributed by atoms with van der Waals surface area (Å²) in [5.41, 5.74) is 1.47. The molecule has 1 unspecified atom stereocenters. The standard InChI is InChI=1S/C13H16ClNO2/c1-9-6-11(16)2-3-12(9)13(17)15-5-4-10(7-14)8-15/h2-3,6,10,16H,4-5,7-8H2,1H3. The lowest BCUT2D eigenvalue weighted by Crippen LogP contribution is -2.29. The topological polar surface area (TPSA) is 40.5 Å². The van der Waals surface area contributed by atoms with Crippen LogP contribution in [0.2, 0.25) is 0 Å². The molecule has 4 heteroatoms. The first-order chi connectivity index (χ1) is 8.11. The molecule has 92 valence electrons. The van der Waals surface area contributed by atoms with Crippen molar-refractivity contribution < 1.29 is 9.90 Å². The smallest absolute Gasteiger partial charge is 0.254 e. The summed E-state index contributed by atoms with van der Waals surface area (Å²) in [6.07, 6.45) is 0.979. The zero-order valence-corrected chi connectivity index (χ0v) is 10.6. The molecule has 1 aromatic rings. The number of amides is 1. The Morgan fingerprint density at radius 2 is 2.35 bits per heavy atom. The molecule has 0 bridgehead atoms. The Hall–Kier alpha value is -1.22. The van der Waals surface area contributed by atoms with Crippen LogP contribution in [0.25, 0.3) is 0 Å². The van der Waals surface area contributed by atoms with Gasteiger partial charge in [-0.1, -0.05) is 0 Å². The van der Waals surface area contributed by atoms with Crippen LogP contribution >= 0.6 is 11.6 Å². The maximum atomic E-state index is 12.2. The summed E-state index contributed by atoms with van der Waals surface area (Å²) < 4.78 is 0. The number of aromatic hydroxyl groups is 1. The lowest BCUT2D eigenvalue weighted by atomic mass is 10.1. The Kier molecular flexibility index (Phi) is 3.57. The highest BCUT2D eigenvalue weighted by Gasteiger charge is 2.26. The fourth-order valence-electron chi connectivity index (χ4n) is 2.20. The fraction of sp³-hybridized carbons (Fsp3) is 0.462. The minimum absolute atomic E-state index is 0.0371.